The van der Waals surface area contributed by atoms with E-state index in [4.69, 9.17) is 16.6 Å². The number of likely N-dealkylation sites (N-methyl/N-ethyl adjacent to an activating group) is 1. The fraction of sp³-hybridized carbons (Fsp3) is 0.286. The molecule has 4 rings (SSSR count). The highest BCUT2D eigenvalue weighted by atomic mass is 35.5. The minimum absolute atomic E-state index is 0.751. The van der Waals surface area contributed by atoms with Gasteiger partial charge in [0, 0.05) is 54.3 Å². The van der Waals surface area contributed by atoms with Crippen molar-refractivity contribution in [2.45, 2.75) is 6.54 Å². The van der Waals surface area contributed by atoms with E-state index < -0.39 is 0 Å². The average Bonchev–Trinajstić information content (AvgIpc) is 3.15. The van der Waals surface area contributed by atoms with E-state index in [0.717, 1.165) is 54.0 Å². The van der Waals surface area contributed by atoms with Gasteiger partial charge < -0.3 is 4.90 Å². The zero-order valence-electron chi connectivity index (χ0n) is 14.9. The first-order valence-electron chi connectivity index (χ1n) is 8.89. The van der Waals surface area contributed by atoms with Crippen LogP contribution in [0.2, 0.25) is 5.02 Å². The van der Waals surface area contributed by atoms with Crippen LogP contribution in [0.15, 0.2) is 53.9 Å². The van der Waals surface area contributed by atoms with Crippen LogP contribution in [0, 0.1) is 0 Å². The zero-order chi connectivity index (χ0) is 17.9. The summed E-state index contributed by atoms with van der Waals surface area (Å²) in [6.07, 6.45) is 0. The lowest BCUT2D eigenvalue weighted by molar-refractivity contribution is 0.148. The van der Waals surface area contributed by atoms with Crippen LogP contribution in [0.4, 0.5) is 0 Å². The molecule has 1 aromatic heterocycles. The molecule has 2 aromatic carbocycles. The Hall–Kier alpha value is -1.72. The monoisotopic (exact) mass is 383 g/mol. The summed E-state index contributed by atoms with van der Waals surface area (Å²) in [6.45, 7) is 5.64. The Labute approximate surface area is 163 Å². The summed E-state index contributed by atoms with van der Waals surface area (Å²) in [6, 6.07) is 16.7. The molecule has 0 amide bonds. The van der Waals surface area contributed by atoms with Gasteiger partial charge in [-0.25, -0.2) is 4.98 Å². The van der Waals surface area contributed by atoms with Crippen LogP contribution in [-0.4, -0.2) is 48.0 Å². The van der Waals surface area contributed by atoms with Gasteiger partial charge in [-0.2, -0.15) is 0 Å². The quantitative estimate of drug-likeness (QED) is 0.640. The minimum atomic E-state index is 0.751. The molecule has 0 unspecified atom stereocenters. The molecule has 3 aromatic rings. The average molecular weight is 384 g/mol. The highest BCUT2D eigenvalue weighted by molar-refractivity contribution is 7.13. The standard InChI is InChI=1S/C21H22ClN3S/c1-24-10-12-25(13-11-24)14-16-2-4-17(5-3-16)20-15-26-21(23-20)18-6-8-19(22)9-7-18/h2-9,15H,10-14H2,1H3. The lowest BCUT2D eigenvalue weighted by atomic mass is 10.1. The first-order chi connectivity index (χ1) is 12.7. The molecule has 0 spiro atoms. The normalized spacial score (nSPS) is 16.1. The molecule has 2 heterocycles. The largest absolute Gasteiger partial charge is 0.304 e. The van der Waals surface area contributed by atoms with Crippen molar-refractivity contribution < 1.29 is 0 Å². The molecule has 0 bridgehead atoms. The predicted octanol–water partition coefficient (Wildman–Crippen LogP) is 4.88. The van der Waals surface area contributed by atoms with Crippen LogP contribution < -0.4 is 0 Å². The predicted molar refractivity (Wildman–Crippen MR) is 111 cm³/mol. The second-order valence-corrected chi connectivity index (χ2v) is 8.12. The highest BCUT2D eigenvalue weighted by Crippen LogP contribution is 2.29. The number of aromatic nitrogens is 1. The van der Waals surface area contributed by atoms with Gasteiger partial charge in [0.05, 0.1) is 5.69 Å². The molecular weight excluding hydrogens is 362 g/mol. The maximum absolute atomic E-state index is 5.97. The number of nitrogens with zero attached hydrogens (tertiary/aromatic N) is 3. The Morgan fingerprint density at radius 2 is 1.58 bits per heavy atom. The Morgan fingerprint density at radius 3 is 2.27 bits per heavy atom. The molecule has 134 valence electrons. The molecule has 5 heteroatoms. The molecule has 26 heavy (non-hydrogen) atoms. The van der Waals surface area contributed by atoms with Crippen LogP contribution in [0.5, 0.6) is 0 Å². The number of thiazole rings is 1. The maximum atomic E-state index is 5.97. The van der Waals surface area contributed by atoms with Crippen molar-refractivity contribution in [3.63, 3.8) is 0 Å². The topological polar surface area (TPSA) is 19.4 Å². The van der Waals surface area contributed by atoms with Crippen molar-refractivity contribution in [1.82, 2.24) is 14.8 Å². The van der Waals surface area contributed by atoms with Crippen molar-refractivity contribution in [2.75, 3.05) is 33.2 Å². The lowest BCUT2D eigenvalue weighted by Gasteiger charge is -2.32. The second-order valence-electron chi connectivity index (χ2n) is 6.82. The lowest BCUT2D eigenvalue weighted by Crippen LogP contribution is -2.43. The van der Waals surface area contributed by atoms with E-state index in [2.05, 4.69) is 46.5 Å². The zero-order valence-corrected chi connectivity index (χ0v) is 16.4. The van der Waals surface area contributed by atoms with E-state index in [1.165, 1.54) is 11.1 Å². The third kappa shape index (κ3) is 4.15. The smallest absolute Gasteiger partial charge is 0.124 e. The van der Waals surface area contributed by atoms with Gasteiger partial charge in [0.2, 0.25) is 0 Å². The summed E-state index contributed by atoms with van der Waals surface area (Å²) in [4.78, 5) is 9.71. The number of piperazine rings is 1. The van der Waals surface area contributed by atoms with Crippen molar-refractivity contribution >= 4 is 22.9 Å². The molecule has 0 N–H and O–H groups in total. The molecular formula is C21H22ClN3S. The summed E-state index contributed by atoms with van der Waals surface area (Å²) in [7, 11) is 2.19. The Bertz CT molecular complexity index is 850. The Morgan fingerprint density at radius 1 is 0.923 bits per heavy atom. The molecule has 0 radical (unpaired) electrons. The Balaban J connectivity index is 1.44. The molecule has 0 atom stereocenters. The SMILES string of the molecule is CN1CCN(Cc2ccc(-c3csc(-c4ccc(Cl)cc4)n3)cc2)CC1. The van der Waals surface area contributed by atoms with Gasteiger partial charge >= 0.3 is 0 Å². The first kappa shape index (κ1) is 17.7. The fourth-order valence-corrected chi connectivity index (χ4v) is 4.14. The van der Waals surface area contributed by atoms with E-state index in [9.17, 15) is 0 Å². The molecule has 1 saturated heterocycles. The molecule has 1 aliphatic heterocycles. The van der Waals surface area contributed by atoms with Crippen molar-refractivity contribution in [1.29, 1.82) is 0 Å². The van der Waals surface area contributed by atoms with E-state index >= 15 is 0 Å². The minimum Gasteiger partial charge on any atom is -0.304 e. The first-order valence-corrected chi connectivity index (χ1v) is 10.1. The molecule has 3 nitrogen and oxygen atoms in total. The molecule has 0 aliphatic carbocycles. The summed E-state index contributed by atoms with van der Waals surface area (Å²) >= 11 is 7.64. The van der Waals surface area contributed by atoms with Crippen LogP contribution in [0.1, 0.15) is 5.56 Å². The van der Waals surface area contributed by atoms with Crippen molar-refractivity contribution in [3.05, 3.63) is 64.5 Å². The molecule has 1 fully saturated rings. The van der Waals surface area contributed by atoms with E-state index in [0.29, 0.717) is 0 Å². The van der Waals surface area contributed by atoms with Gasteiger partial charge in [0.1, 0.15) is 5.01 Å². The number of hydrogen-bond acceptors (Lipinski definition) is 4. The van der Waals surface area contributed by atoms with Gasteiger partial charge in [0.15, 0.2) is 0 Å². The van der Waals surface area contributed by atoms with Gasteiger partial charge in [-0.05, 0) is 24.7 Å². The highest BCUT2D eigenvalue weighted by Gasteiger charge is 2.14. The third-order valence-electron chi connectivity index (χ3n) is 4.85. The number of hydrogen-bond donors (Lipinski definition) is 0. The molecule has 1 aliphatic rings. The van der Waals surface area contributed by atoms with E-state index in [-0.39, 0.29) is 0 Å². The van der Waals surface area contributed by atoms with Gasteiger partial charge in [-0.15, -0.1) is 11.3 Å². The van der Waals surface area contributed by atoms with Gasteiger partial charge in [-0.1, -0.05) is 48.0 Å². The van der Waals surface area contributed by atoms with Crippen LogP contribution in [0.3, 0.4) is 0 Å². The summed E-state index contributed by atoms with van der Waals surface area (Å²) in [5.74, 6) is 0. The molecule has 0 saturated carbocycles. The Kier molecular flexibility index (Phi) is 5.36. The van der Waals surface area contributed by atoms with Gasteiger partial charge in [-0.3, -0.25) is 4.90 Å². The number of benzene rings is 2. The summed E-state index contributed by atoms with van der Waals surface area (Å²) in [5, 5.41) is 3.90. The van der Waals surface area contributed by atoms with E-state index in [1.54, 1.807) is 11.3 Å². The maximum Gasteiger partial charge on any atom is 0.124 e. The second kappa shape index (κ2) is 7.89. The summed E-state index contributed by atoms with van der Waals surface area (Å²) < 4.78 is 0. The number of rotatable bonds is 4. The third-order valence-corrected chi connectivity index (χ3v) is 5.99. The van der Waals surface area contributed by atoms with Crippen LogP contribution in [0.25, 0.3) is 21.8 Å². The van der Waals surface area contributed by atoms with Crippen molar-refractivity contribution in [2.24, 2.45) is 0 Å². The van der Waals surface area contributed by atoms with E-state index in [1.807, 2.05) is 24.3 Å². The fourth-order valence-electron chi connectivity index (χ4n) is 3.18. The van der Waals surface area contributed by atoms with Crippen LogP contribution in [-0.2, 0) is 6.54 Å². The van der Waals surface area contributed by atoms with Crippen molar-refractivity contribution in [3.8, 4) is 21.8 Å². The van der Waals surface area contributed by atoms with Gasteiger partial charge in [0.25, 0.3) is 0 Å². The van der Waals surface area contributed by atoms with Crippen LogP contribution >= 0.6 is 22.9 Å². The number of halogens is 1. The summed E-state index contributed by atoms with van der Waals surface area (Å²) in [5.41, 5.74) is 4.68.